The topological polar surface area (TPSA) is 29.1 Å². The van der Waals surface area contributed by atoms with Gasteiger partial charge in [0.05, 0.1) is 5.41 Å². The molecular weight excluding hydrogens is 298 g/mol. The highest BCUT2D eigenvalue weighted by Crippen LogP contribution is 2.65. The van der Waals surface area contributed by atoms with E-state index in [0.29, 0.717) is 0 Å². The van der Waals surface area contributed by atoms with Crippen molar-refractivity contribution in [1.82, 2.24) is 5.32 Å². The van der Waals surface area contributed by atoms with Gasteiger partial charge < -0.3 is 5.32 Å². The summed E-state index contributed by atoms with van der Waals surface area (Å²) in [6.07, 6.45) is 1.87. The molecule has 0 bridgehead atoms. The Bertz CT molecular complexity index is 642. The van der Waals surface area contributed by atoms with E-state index in [1.165, 1.54) is 14.6 Å². The van der Waals surface area contributed by atoms with Crippen molar-refractivity contribution in [3.8, 4) is 0 Å². The van der Waals surface area contributed by atoms with Crippen molar-refractivity contribution < 1.29 is 4.79 Å². The van der Waals surface area contributed by atoms with Gasteiger partial charge >= 0.3 is 0 Å². The molecule has 1 fully saturated rings. The Morgan fingerprint density at radius 1 is 1.33 bits per heavy atom. The fourth-order valence-corrected chi connectivity index (χ4v) is 5.12. The first-order chi connectivity index (χ1) is 9.96. The first-order valence-electron chi connectivity index (χ1n) is 7.33. The number of thiophene rings is 2. The SMILES string of the molecule is Cc1ccc(CCNC(=O)C2(c3cccs3)CC2(C)C)s1. The maximum atomic E-state index is 12.7. The van der Waals surface area contributed by atoms with Gasteiger partial charge in [0, 0.05) is 21.2 Å². The molecule has 2 aromatic rings. The predicted octanol–water partition coefficient (Wildman–Crippen LogP) is 4.14. The van der Waals surface area contributed by atoms with Crippen molar-refractivity contribution in [2.45, 2.75) is 39.0 Å². The highest BCUT2D eigenvalue weighted by atomic mass is 32.1. The Hall–Kier alpha value is -1.13. The summed E-state index contributed by atoms with van der Waals surface area (Å²) >= 11 is 3.51. The highest BCUT2D eigenvalue weighted by Gasteiger charge is 2.67. The third-order valence-electron chi connectivity index (χ3n) is 4.52. The molecule has 0 aromatic carbocycles. The van der Waals surface area contributed by atoms with E-state index in [1.807, 2.05) is 17.4 Å². The molecule has 0 spiro atoms. The molecule has 0 radical (unpaired) electrons. The minimum absolute atomic E-state index is 0.0709. The van der Waals surface area contributed by atoms with Gasteiger partial charge in [0.25, 0.3) is 0 Å². The van der Waals surface area contributed by atoms with Crippen LogP contribution in [0.4, 0.5) is 0 Å². The van der Waals surface area contributed by atoms with Crippen molar-refractivity contribution in [1.29, 1.82) is 0 Å². The molecule has 1 atom stereocenters. The molecule has 4 heteroatoms. The quantitative estimate of drug-likeness (QED) is 0.881. The lowest BCUT2D eigenvalue weighted by Gasteiger charge is -2.18. The molecular formula is C17H21NOS2. The number of nitrogens with one attached hydrogen (secondary N) is 1. The average molecular weight is 319 g/mol. The van der Waals surface area contributed by atoms with Crippen LogP contribution in [0.2, 0.25) is 0 Å². The molecule has 2 aromatic heterocycles. The van der Waals surface area contributed by atoms with E-state index in [0.717, 1.165) is 19.4 Å². The molecule has 0 aliphatic heterocycles. The third kappa shape index (κ3) is 2.55. The summed E-state index contributed by atoms with van der Waals surface area (Å²) in [6, 6.07) is 8.43. The maximum absolute atomic E-state index is 12.7. The van der Waals surface area contributed by atoms with Crippen molar-refractivity contribution >= 4 is 28.6 Å². The molecule has 0 saturated heterocycles. The smallest absolute Gasteiger partial charge is 0.232 e. The van der Waals surface area contributed by atoms with E-state index in [9.17, 15) is 4.79 Å². The number of amides is 1. The van der Waals surface area contributed by atoms with Crippen LogP contribution in [0.25, 0.3) is 0 Å². The molecule has 2 nitrogen and oxygen atoms in total. The van der Waals surface area contributed by atoms with Crippen LogP contribution in [0.5, 0.6) is 0 Å². The molecule has 1 saturated carbocycles. The predicted molar refractivity (Wildman–Crippen MR) is 90.2 cm³/mol. The summed E-state index contributed by atoms with van der Waals surface area (Å²) in [7, 11) is 0. The van der Waals surface area contributed by atoms with Crippen LogP contribution in [0, 0.1) is 12.3 Å². The van der Waals surface area contributed by atoms with Crippen LogP contribution >= 0.6 is 22.7 Å². The van der Waals surface area contributed by atoms with Gasteiger partial charge in [0.15, 0.2) is 0 Å². The van der Waals surface area contributed by atoms with E-state index in [2.05, 4.69) is 49.7 Å². The fraction of sp³-hybridized carbons (Fsp3) is 0.471. The molecule has 1 aliphatic rings. The molecule has 21 heavy (non-hydrogen) atoms. The molecule has 1 unspecified atom stereocenters. The van der Waals surface area contributed by atoms with Gasteiger partial charge in [0.2, 0.25) is 5.91 Å². The zero-order chi connectivity index (χ0) is 15.1. The summed E-state index contributed by atoms with van der Waals surface area (Å²) in [5.74, 6) is 0.197. The standard InChI is InChI=1S/C17H21NOS2/c1-12-6-7-13(21-12)8-9-18-15(19)17(11-16(17,2)3)14-5-4-10-20-14/h4-7,10H,8-9,11H2,1-3H3,(H,18,19). The average Bonchev–Trinajstić information content (AvgIpc) is 2.87. The van der Waals surface area contributed by atoms with Crippen molar-refractivity contribution in [2.75, 3.05) is 6.54 Å². The highest BCUT2D eigenvalue weighted by molar-refractivity contribution is 7.11. The normalized spacial score (nSPS) is 23.0. The van der Waals surface area contributed by atoms with Crippen LogP contribution in [-0.4, -0.2) is 12.5 Å². The Kier molecular flexibility index (Phi) is 3.70. The summed E-state index contributed by atoms with van der Waals surface area (Å²) in [5.41, 5.74) is -0.228. The van der Waals surface area contributed by atoms with Crippen molar-refractivity contribution in [3.05, 3.63) is 44.3 Å². The Morgan fingerprint density at radius 3 is 2.62 bits per heavy atom. The fourth-order valence-electron chi connectivity index (χ4n) is 3.13. The van der Waals surface area contributed by atoms with Gasteiger partial charge in [-0.05, 0) is 48.8 Å². The first-order valence-corrected chi connectivity index (χ1v) is 9.03. The van der Waals surface area contributed by atoms with Crippen LogP contribution in [0.3, 0.4) is 0 Å². The number of hydrogen-bond acceptors (Lipinski definition) is 3. The molecule has 1 aliphatic carbocycles. The maximum Gasteiger partial charge on any atom is 0.232 e. The summed E-state index contributed by atoms with van der Waals surface area (Å²) in [5, 5.41) is 5.22. The van der Waals surface area contributed by atoms with Crippen LogP contribution in [0.1, 0.15) is 34.9 Å². The number of carbonyl (C=O) groups excluding carboxylic acids is 1. The second kappa shape index (κ2) is 5.25. The summed E-state index contributed by atoms with van der Waals surface area (Å²) in [4.78, 5) is 16.6. The number of aryl methyl sites for hydroxylation is 1. The van der Waals surface area contributed by atoms with E-state index in [1.54, 1.807) is 11.3 Å². The van der Waals surface area contributed by atoms with Crippen LogP contribution in [-0.2, 0) is 16.6 Å². The molecule has 3 rings (SSSR count). The minimum Gasteiger partial charge on any atom is -0.355 e. The second-order valence-electron chi connectivity index (χ2n) is 6.46. The number of carbonyl (C=O) groups is 1. The van der Waals surface area contributed by atoms with Gasteiger partial charge in [-0.2, -0.15) is 0 Å². The molecule has 2 heterocycles. The van der Waals surface area contributed by atoms with Gasteiger partial charge in [-0.1, -0.05) is 19.9 Å². The lowest BCUT2D eigenvalue weighted by molar-refractivity contribution is -0.124. The van der Waals surface area contributed by atoms with Crippen LogP contribution in [0.15, 0.2) is 29.6 Å². The Morgan fingerprint density at radius 2 is 2.10 bits per heavy atom. The number of rotatable bonds is 5. The second-order valence-corrected chi connectivity index (χ2v) is 8.78. The van der Waals surface area contributed by atoms with Crippen molar-refractivity contribution in [2.24, 2.45) is 5.41 Å². The lowest BCUT2D eigenvalue weighted by atomic mass is 9.93. The third-order valence-corrected chi connectivity index (χ3v) is 6.61. The van der Waals surface area contributed by atoms with E-state index in [-0.39, 0.29) is 16.7 Å². The summed E-state index contributed by atoms with van der Waals surface area (Å²) < 4.78 is 0. The zero-order valence-electron chi connectivity index (χ0n) is 12.7. The van der Waals surface area contributed by atoms with Gasteiger partial charge in [-0.3, -0.25) is 4.79 Å². The molecule has 1 N–H and O–H groups in total. The van der Waals surface area contributed by atoms with E-state index >= 15 is 0 Å². The Balaban J connectivity index is 1.64. The monoisotopic (exact) mass is 319 g/mol. The minimum atomic E-state index is -0.299. The lowest BCUT2D eigenvalue weighted by Crippen LogP contribution is -2.38. The van der Waals surface area contributed by atoms with Gasteiger partial charge in [-0.25, -0.2) is 0 Å². The first kappa shape index (κ1) is 14.8. The molecule has 1 amide bonds. The largest absolute Gasteiger partial charge is 0.355 e. The zero-order valence-corrected chi connectivity index (χ0v) is 14.4. The van der Waals surface area contributed by atoms with Crippen molar-refractivity contribution in [3.63, 3.8) is 0 Å². The van der Waals surface area contributed by atoms with Crippen LogP contribution < -0.4 is 5.32 Å². The Labute approximate surface area is 134 Å². The van der Waals surface area contributed by atoms with Gasteiger partial charge in [-0.15, -0.1) is 22.7 Å². The van der Waals surface area contributed by atoms with E-state index < -0.39 is 0 Å². The molecule has 112 valence electrons. The van der Waals surface area contributed by atoms with E-state index in [4.69, 9.17) is 0 Å². The number of hydrogen-bond donors (Lipinski definition) is 1. The summed E-state index contributed by atoms with van der Waals surface area (Å²) in [6.45, 7) is 7.22. The van der Waals surface area contributed by atoms with Gasteiger partial charge in [0.1, 0.15) is 0 Å².